The molecule has 3 N–H and O–H groups in total. The summed E-state index contributed by atoms with van der Waals surface area (Å²) < 4.78 is 25.5. The number of hydrogen-bond donors (Lipinski definition) is 3. The maximum atomic E-state index is 11.9. The molecule has 23 heavy (non-hydrogen) atoms. The molecule has 6 nitrogen and oxygen atoms in total. The van der Waals surface area contributed by atoms with Crippen LogP contribution in [0.15, 0.2) is 53.4 Å². The molecule has 122 valence electrons. The summed E-state index contributed by atoms with van der Waals surface area (Å²) in [6, 6.07) is 12.9. The van der Waals surface area contributed by atoms with Gasteiger partial charge in [0.25, 0.3) is 0 Å². The standard InChI is InChI=1S/C16H18N2O4S/c1-17-23(21,22)13-9-6-12(7-10-13)8-11-16(20)18-14-4-2-3-5-15(14)19/h2-7,9-10,17,19H,8,11H2,1H3,(H,18,20). The SMILES string of the molecule is CNS(=O)(=O)c1ccc(CCC(=O)Nc2ccccc2O)cc1. The minimum Gasteiger partial charge on any atom is -0.506 e. The first-order valence-electron chi connectivity index (χ1n) is 7.03. The number of carbonyl (C=O) groups excluding carboxylic acids is 1. The van der Waals surface area contributed by atoms with Gasteiger partial charge in [0, 0.05) is 6.42 Å². The molecular formula is C16H18N2O4S. The van der Waals surface area contributed by atoms with Gasteiger partial charge >= 0.3 is 0 Å². The van der Waals surface area contributed by atoms with Gasteiger partial charge in [0.2, 0.25) is 15.9 Å². The van der Waals surface area contributed by atoms with Crippen molar-refractivity contribution in [3.05, 3.63) is 54.1 Å². The number of sulfonamides is 1. The quantitative estimate of drug-likeness (QED) is 0.703. The fourth-order valence-electron chi connectivity index (χ4n) is 2.00. The topological polar surface area (TPSA) is 95.5 Å². The van der Waals surface area contributed by atoms with E-state index in [0.29, 0.717) is 12.1 Å². The van der Waals surface area contributed by atoms with Gasteiger partial charge in [-0.1, -0.05) is 24.3 Å². The van der Waals surface area contributed by atoms with E-state index < -0.39 is 10.0 Å². The van der Waals surface area contributed by atoms with Crippen molar-refractivity contribution in [2.24, 2.45) is 0 Å². The minimum absolute atomic E-state index is 0.0162. The lowest BCUT2D eigenvalue weighted by atomic mass is 10.1. The summed E-state index contributed by atoms with van der Waals surface area (Å²) in [6.45, 7) is 0. The zero-order chi connectivity index (χ0) is 16.9. The minimum atomic E-state index is -3.45. The summed E-state index contributed by atoms with van der Waals surface area (Å²) in [5, 5.41) is 12.2. The first kappa shape index (κ1) is 17.0. The third kappa shape index (κ3) is 4.54. The zero-order valence-corrected chi connectivity index (χ0v) is 13.4. The largest absolute Gasteiger partial charge is 0.506 e. The number of rotatable bonds is 6. The Balaban J connectivity index is 1.93. The van der Waals surface area contributed by atoms with Crippen molar-refractivity contribution >= 4 is 21.6 Å². The number of aromatic hydroxyl groups is 1. The number of nitrogens with one attached hydrogen (secondary N) is 2. The summed E-state index contributed by atoms with van der Waals surface area (Å²) >= 11 is 0. The molecule has 7 heteroatoms. The molecule has 0 aromatic heterocycles. The van der Waals surface area contributed by atoms with Crippen molar-refractivity contribution in [2.75, 3.05) is 12.4 Å². The molecule has 0 spiro atoms. The third-order valence-corrected chi connectivity index (χ3v) is 4.75. The van der Waals surface area contributed by atoms with E-state index in [1.165, 1.54) is 25.2 Å². The van der Waals surface area contributed by atoms with Crippen molar-refractivity contribution in [3.8, 4) is 5.75 Å². The van der Waals surface area contributed by atoms with Crippen molar-refractivity contribution in [2.45, 2.75) is 17.7 Å². The van der Waals surface area contributed by atoms with E-state index in [2.05, 4.69) is 10.0 Å². The molecule has 0 saturated heterocycles. The van der Waals surface area contributed by atoms with Gasteiger partial charge < -0.3 is 10.4 Å². The average molecular weight is 334 g/mol. The van der Waals surface area contributed by atoms with Crippen molar-refractivity contribution in [3.63, 3.8) is 0 Å². The van der Waals surface area contributed by atoms with E-state index in [1.54, 1.807) is 30.3 Å². The Morgan fingerprint density at radius 2 is 1.74 bits per heavy atom. The van der Waals surface area contributed by atoms with Crippen LogP contribution >= 0.6 is 0 Å². The van der Waals surface area contributed by atoms with E-state index >= 15 is 0 Å². The zero-order valence-electron chi connectivity index (χ0n) is 12.6. The Morgan fingerprint density at radius 1 is 1.09 bits per heavy atom. The average Bonchev–Trinajstić information content (AvgIpc) is 2.55. The lowest BCUT2D eigenvalue weighted by Crippen LogP contribution is -2.18. The summed E-state index contributed by atoms with van der Waals surface area (Å²) in [5.74, 6) is -0.208. The second-order valence-corrected chi connectivity index (χ2v) is 6.80. The molecule has 2 rings (SSSR count). The van der Waals surface area contributed by atoms with Crippen molar-refractivity contribution in [1.29, 1.82) is 0 Å². The van der Waals surface area contributed by atoms with E-state index in [0.717, 1.165) is 5.56 Å². The molecule has 0 heterocycles. The number of amides is 1. The van der Waals surface area contributed by atoms with Crippen LogP contribution in [0.25, 0.3) is 0 Å². The third-order valence-electron chi connectivity index (χ3n) is 3.32. The van der Waals surface area contributed by atoms with Crippen LogP contribution in [0.1, 0.15) is 12.0 Å². The van der Waals surface area contributed by atoms with Gasteiger partial charge in [0.05, 0.1) is 10.6 Å². The number of phenols is 1. The van der Waals surface area contributed by atoms with Crippen LogP contribution in [-0.2, 0) is 21.2 Å². The van der Waals surface area contributed by atoms with Crippen LogP contribution in [0, 0.1) is 0 Å². The first-order chi connectivity index (χ1) is 10.9. The molecular weight excluding hydrogens is 316 g/mol. The predicted octanol–water partition coefficient (Wildman–Crippen LogP) is 1.87. The Hall–Kier alpha value is -2.38. The van der Waals surface area contributed by atoms with Crippen molar-refractivity contribution < 1.29 is 18.3 Å². The number of para-hydroxylation sites is 2. The summed E-state index contributed by atoms with van der Waals surface area (Å²) in [7, 11) is -2.09. The monoisotopic (exact) mass is 334 g/mol. The maximum Gasteiger partial charge on any atom is 0.240 e. The summed E-state index contributed by atoms with van der Waals surface area (Å²) in [4.78, 5) is 12.1. The Labute approximate surface area is 135 Å². The molecule has 0 aliphatic rings. The smallest absolute Gasteiger partial charge is 0.240 e. The molecule has 0 atom stereocenters. The van der Waals surface area contributed by atoms with E-state index in [1.807, 2.05) is 0 Å². The number of anilines is 1. The van der Waals surface area contributed by atoms with Crippen LogP contribution in [0.3, 0.4) is 0 Å². The number of aryl methyl sites for hydroxylation is 1. The van der Waals surface area contributed by atoms with E-state index in [9.17, 15) is 18.3 Å². The highest BCUT2D eigenvalue weighted by Crippen LogP contribution is 2.21. The highest BCUT2D eigenvalue weighted by atomic mass is 32.2. The fraction of sp³-hybridized carbons (Fsp3) is 0.188. The van der Waals surface area contributed by atoms with Gasteiger partial charge in [0.1, 0.15) is 5.75 Å². The van der Waals surface area contributed by atoms with Gasteiger partial charge in [-0.3, -0.25) is 4.79 Å². The fourth-order valence-corrected chi connectivity index (χ4v) is 2.73. The maximum absolute atomic E-state index is 11.9. The second kappa shape index (κ2) is 7.26. The van der Waals surface area contributed by atoms with Gasteiger partial charge in [-0.15, -0.1) is 0 Å². The number of benzene rings is 2. The van der Waals surface area contributed by atoms with Crippen molar-refractivity contribution in [1.82, 2.24) is 4.72 Å². The summed E-state index contributed by atoms with van der Waals surface area (Å²) in [5.41, 5.74) is 1.22. The lowest BCUT2D eigenvalue weighted by Gasteiger charge is -2.07. The molecule has 0 aliphatic heterocycles. The van der Waals surface area contributed by atoms with Crippen LogP contribution in [-0.4, -0.2) is 26.5 Å². The van der Waals surface area contributed by atoms with Crippen LogP contribution in [0.4, 0.5) is 5.69 Å². The van der Waals surface area contributed by atoms with Gasteiger partial charge in [-0.25, -0.2) is 13.1 Å². The Kier molecular flexibility index (Phi) is 5.36. The highest BCUT2D eigenvalue weighted by Gasteiger charge is 2.11. The van der Waals surface area contributed by atoms with Gasteiger partial charge in [-0.05, 0) is 43.3 Å². The number of phenolic OH excluding ortho intramolecular Hbond substituents is 1. The van der Waals surface area contributed by atoms with Crippen LogP contribution in [0.2, 0.25) is 0 Å². The molecule has 0 saturated carbocycles. The second-order valence-electron chi connectivity index (χ2n) is 4.92. The molecule has 0 unspecified atom stereocenters. The van der Waals surface area contributed by atoms with Crippen LogP contribution < -0.4 is 10.0 Å². The molecule has 2 aromatic carbocycles. The normalized spacial score (nSPS) is 11.2. The van der Waals surface area contributed by atoms with E-state index in [4.69, 9.17) is 0 Å². The molecule has 0 aliphatic carbocycles. The Bertz CT molecular complexity index is 786. The van der Waals surface area contributed by atoms with Crippen LogP contribution in [0.5, 0.6) is 5.75 Å². The molecule has 2 aromatic rings. The Morgan fingerprint density at radius 3 is 2.35 bits per heavy atom. The first-order valence-corrected chi connectivity index (χ1v) is 8.51. The number of hydrogen-bond acceptors (Lipinski definition) is 4. The summed E-state index contributed by atoms with van der Waals surface area (Å²) in [6.07, 6.45) is 0.700. The lowest BCUT2D eigenvalue weighted by molar-refractivity contribution is -0.116. The molecule has 0 fully saturated rings. The highest BCUT2D eigenvalue weighted by molar-refractivity contribution is 7.89. The molecule has 0 bridgehead atoms. The van der Waals surface area contributed by atoms with Gasteiger partial charge in [0.15, 0.2) is 0 Å². The predicted molar refractivity (Wildman–Crippen MR) is 87.7 cm³/mol. The number of carbonyl (C=O) groups is 1. The molecule has 1 amide bonds. The van der Waals surface area contributed by atoms with Gasteiger partial charge in [-0.2, -0.15) is 0 Å². The van der Waals surface area contributed by atoms with E-state index in [-0.39, 0.29) is 23.0 Å². The molecule has 0 radical (unpaired) electrons.